The molecule has 0 spiro atoms. The molecule has 0 unspecified atom stereocenters. The number of aromatic nitrogens is 2. The minimum absolute atomic E-state index is 0.0971. The van der Waals surface area contributed by atoms with Crippen molar-refractivity contribution in [3.8, 4) is 12.1 Å². The molecule has 62 valence electrons. The summed E-state index contributed by atoms with van der Waals surface area (Å²) in [4.78, 5) is 7.45. The predicted molar refractivity (Wildman–Crippen MR) is 39.3 cm³/mol. The first-order valence-corrected chi connectivity index (χ1v) is 3.33. The van der Waals surface area contributed by atoms with Crippen LogP contribution in [0.25, 0.3) is 0 Å². The highest BCUT2D eigenvalue weighted by atomic mass is 16.5. The van der Waals surface area contributed by atoms with E-state index >= 15 is 0 Å². The van der Waals surface area contributed by atoms with Gasteiger partial charge in [0, 0.05) is 6.20 Å². The lowest BCUT2D eigenvalue weighted by molar-refractivity contribution is 0.191. The minimum atomic E-state index is -0.0971. The number of aliphatic hydroxyl groups is 1. The third kappa shape index (κ3) is 2.18. The van der Waals surface area contributed by atoms with Crippen LogP contribution in [0.2, 0.25) is 0 Å². The molecule has 0 saturated carbocycles. The van der Waals surface area contributed by atoms with Gasteiger partial charge in [-0.3, -0.25) is 0 Å². The van der Waals surface area contributed by atoms with Gasteiger partial charge in [-0.15, -0.1) is 0 Å². The number of hydrogen-bond donors (Lipinski definition) is 1. The summed E-state index contributed by atoms with van der Waals surface area (Å²) in [5, 5.41) is 16.9. The molecule has 0 radical (unpaired) electrons. The Balaban J connectivity index is 2.68. The monoisotopic (exact) mass is 165 g/mol. The molecule has 0 saturated heterocycles. The van der Waals surface area contributed by atoms with Crippen molar-refractivity contribution in [2.75, 3.05) is 13.2 Å². The lowest BCUT2D eigenvalue weighted by atomic mass is 10.4. The maximum absolute atomic E-state index is 8.44. The molecule has 0 aliphatic heterocycles. The summed E-state index contributed by atoms with van der Waals surface area (Å²) in [7, 11) is 0. The molecule has 0 fully saturated rings. The van der Waals surface area contributed by atoms with Crippen LogP contribution in [-0.2, 0) is 0 Å². The van der Waals surface area contributed by atoms with Gasteiger partial charge in [-0.2, -0.15) is 10.2 Å². The second-order valence-corrected chi connectivity index (χ2v) is 1.91. The van der Waals surface area contributed by atoms with Crippen LogP contribution in [0.4, 0.5) is 0 Å². The summed E-state index contributed by atoms with van der Waals surface area (Å²) >= 11 is 0. The molecule has 0 aromatic carbocycles. The van der Waals surface area contributed by atoms with E-state index in [-0.39, 0.29) is 24.9 Å². The smallest absolute Gasteiger partial charge is 0.317 e. The number of aliphatic hydroxyl groups excluding tert-OH is 1. The molecule has 1 aromatic heterocycles. The Morgan fingerprint density at radius 1 is 1.67 bits per heavy atom. The maximum Gasteiger partial charge on any atom is 0.317 e. The normalized spacial score (nSPS) is 9.00. The molecule has 5 nitrogen and oxygen atoms in total. The zero-order valence-corrected chi connectivity index (χ0v) is 6.27. The number of rotatable bonds is 3. The highest BCUT2D eigenvalue weighted by molar-refractivity contribution is 5.19. The summed E-state index contributed by atoms with van der Waals surface area (Å²) in [5.41, 5.74) is 0.248. The van der Waals surface area contributed by atoms with Crippen LogP contribution in [-0.4, -0.2) is 28.3 Å². The zero-order chi connectivity index (χ0) is 8.81. The first-order chi connectivity index (χ1) is 5.86. The van der Waals surface area contributed by atoms with Gasteiger partial charge in [-0.05, 0) is 6.07 Å². The quantitative estimate of drug-likeness (QED) is 0.666. The lowest BCUT2D eigenvalue weighted by Crippen LogP contribution is -2.04. The van der Waals surface area contributed by atoms with Crippen molar-refractivity contribution < 1.29 is 9.84 Å². The second kappa shape index (κ2) is 4.26. The highest BCUT2D eigenvalue weighted by Gasteiger charge is 1.97. The molecule has 0 amide bonds. The lowest BCUT2D eigenvalue weighted by Gasteiger charge is -1.99. The maximum atomic E-state index is 8.44. The Morgan fingerprint density at radius 3 is 3.17 bits per heavy atom. The summed E-state index contributed by atoms with van der Waals surface area (Å²) in [5.74, 6) is 0. The van der Waals surface area contributed by atoms with Crippen molar-refractivity contribution in [3.63, 3.8) is 0 Å². The summed E-state index contributed by atoms with van der Waals surface area (Å²) < 4.78 is 4.87. The Bertz CT molecular complexity index is 295. The summed E-state index contributed by atoms with van der Waals surface area (Å²) in [6.07, 6.45) is 1.43. The zero-order valence-electron chi connectivity index (χ0n) is 6.27. The van der Waals surface area contributed by atoms with Gasteiger partial charge in [-0.25, -0.2) is 4.98 Å². The summed E-state index contributed by atoms with van der Waals surface area (Å²) in [6, 6.07) is 3.44. The van der Waals surface area contributed by atoms with Crippen molar-refractivity contribution in [2.45, 2.75) is 0 Å². The molecule has 0 atom stereocenters. The van der Waals surface area contributed by atoms with Crippen LogP contribution in [0, 0.1) is 11.3 Å². The molecule has 0 aliphatic rings. The molecule has 1 rings (SSSR count). The molecule has 0 aliphatic carbocycles. The molecular weight excluding hydrogens is 158 g/mol. The van der Waals surface area contributed by atoms with Crippen molar-refractivity contribution in [3.05, 3.63) is 18.0 Å². The van der Waals surface area contributed by atoms with Gasteiger partial charge in [0.1, 0.15) is 18.4 Å². The van der Waals surface area contributed by atoms with E-state index in [0.717, 1.165) is 0 Å². The second-order valence-electron chi connectivity index (χ2n) is 1.91. The van der Waals surface area contributed by atoms with Gasteiger partial charge in [-0.1, -0.05) is 0 Å². The first-order valence-electron chi connectivity index (χ1n) is 3.33. The van der Waals surface area contributed by atoms with Gasteiger partial charge in [0.25, 0.3) is 0 Å². The van der Waals surface area contributed by atoms with E-state index in [9.17, 15) is 0 Å². The van der Waals surface area contributed by atoms with Gasteiger partial charge in [0.2, 0.25) is 0 Å². The standard InChI is InChI=1S/C7H7N3O2/c8-5-6-1-2-9-7(10-6)12-4-3-11/h1-2,11H,3-4H2. The molecule has 1 aromatic rings. The highest BCUT2D eigenvalue weighted by Crippen LogP contribution is 2.00. The average molecular weight is 165 g/mol. The van der Waals surface area contributed by atoms with Crippen LogP contribution < -0.4 is 4.74 Å². The Labute approximate surface area is 69.3 Å². The van der Waals surface area contributed by atoms with E-state index < -0.39 is 0 Å². The molecule has 1 N–H and O–H groups in total. The fourth-order valence-electron chi connectivity index (χ4n) is 0.610. The molecule has 0 bridgehead atoms. The van der Waals surface area contributed by atoms with Gasteiger partial charge in [0.05, 0.1) is 6.61 Å². The number of hydrogen-bond acceptors (Lipinski definition) is 5. The fourth-order valence-corrected chi connectivity index (χ4v) is 0.610. The van der Waals surface area contributed by atoms with Crippen LogP contribution in [0.1, 0.15) is 5.69 Å². The van der Waals surface area contributed by atoms with E-state index in [1.54, 1.807) is 0 Å². The van der Waals surface area contributed by atoms with Crippen molar-refractivity contribution in [2.24, 2.45) is 0 Å². The topological polar surface area (TPSA) is 79.0 Å². The van der Waals surface area contributed by atoms with E-state index in [4.69, 9.17) is 15.1 Å². The van der Waals surface area contributed by atoms with E-state index in [1.165, 1.54) is 12.3 Å². The molecular formula is C7H7N3O2. The fraction of sp³-hybridized carbons (Fsp3) is 0.286. The van der Waals surface area contributed by atoms with Crippen LogP contribution >= 0.6 is 0 Å². The Morgan fingerprint density at radius 2 is 2.50 bits per heavy atom. The van der Waals surface area contributed by atoms with E-state index in [1.807, 2.05) is 6.07 Å². The molecule has 12 heavy (non-hydrogen) atoms. The van der Waals surface area contributed by atoms with Crippen molar-refractivity contribution in [1.82, 2.24) is 9.97 Å². The van der Waals surface area contributed by atoms with E-state index in [2.05, 4.69) is 9.97 Å². The van der Waals surface area contributed by atoms with Gasteiger partial charge < -0.3 is 9.84 Å². The third-order valence-electron chi connectivity index (χ3n) is 1.07. The van der Waals surface area contributed by atoms with Gasteiger partial charge in [0.15, 0.2) is 0 Å². The van der Waals surface area contributed by atoms with Crippen molar-refractivity contribution in [1.29, 1.82) is 5.26 Å². The number of nitriles is 1. The predicted octanol–water partition coefficient (Wildman–Crippen LogP) is -0.281. The Hall–Kier alpha value is -1.67. The average Bonchev–Trinajstić information content (AvgIpc) is 2.15. The van der Waals surface area contributed by atoms with Crippen LogP contribution in [0.5, 0.6) is 6.01 Å². The minimum Gasteiger partial charge on any atom is -0.461 e. The molecule has 5 heteroatoms. The van der Waals surface area contributed by atoms with Crippen molar-refractivity contribution >= 4 is 0 Å². The first kappa shape index (κ1) is 8.43. The Kier molecular flexibility index (Phi) is 2.99. The largest absolute Gasteiger partial charge is 0.461 e. The van der Waals surface area contributed by atoms with Gasteiger partial charge >= 0.3 is 6.01 Å². The molecule has 1 heterocycles. The number of ether oxygens (including phenoxy) is 1. The van der Waals surface area contributed by atoms with E-state index in [0.29, 0.717) is 0 Å². The summed E-state index contributed by atoms with van der Waals surface area (Å²) in [6.45, 7) is 0.0367. The van der Waals surface area contributed by atoms with Crippen LogP contribution in [0.15, 0.2) is 12.3 Å². The van der Waals surface area contributed by atoms with Crippen LogP contribution in [0.3, 0.4) is 0 Å². The number of nitrogens with zero attached hydrogens (tertiary/aromatic N) is 3. The SMILES string of the molecule is N#Cc1ccnc(OCCO)n1. The third-order valence-corrected chi connectivity index (χ3v) is 1.07.